The van der Waals surface area contributed by atoms with Gasteiger partial charge in [-0.1, -0.05) is 310 Å². The molecular weight excluding hydrogens is 821 g/mol. The van der Waals surface area contributed by atoms with Crippen LogP contribution in [0.1, 0.15) is 329 Å². The molecule has 0 amide bonds. The van der Waals surface area contributed by atoms with Gasteiger partial charge in [0.25, 0.3) is 0 Å². The molecule has 0 radical (unpaired) electrons. The SMILES string of the molecule is CCCCCCCCCCCCCCCCCCOOC(OCCCCCCCCCCCCCCCCCC)(OCCCCCCCCCCCCCCCCCC)C(CO)(CO)CO. The molecule has 0 rings (SSSR count). The number of rotatable bonds is 59. The Balaban J connectivity index is 4.74. The predicted octanol–water partition coefficient (Wildman–Crippen LogP) is 18.4. The minimum absolute atomic E-state index is 0.335. The smallest absolute Gasteiger partial charge is 0.324 e. The first-order chi connectivity index (χ1) is 32.6. The van der Waals surface area contributed by atoms with Gasteiger partial charge in [-0.05, 0) is 19.3 Å². The molecule has 0 saturated carbocycles. The zero-order chi connectivity index (χ0) is 48.0. The number of hydrogen-bond donors (Lipinski definition) is 3. The highest BCUT2D eigenvalue weighted by atomic mass is 17.3. The molecule has 0 aliphatic heterocycles. The highest BCUT2D eigenvalue weighted by Crippen LogP contribution is 2.38. The molecule has 0 aromatic carbocycles. The lowest BCUT2D eigenvalue weighted by atomic mass is 9.87. The summed E-state index contributed by atoms with van der Waals surface area (Å²) in [5.41, 5.74) is -1.58. The van der Waals surface area contributed by atoms with Crippen molar-refractivity contribution in [1.29, 1.82) is 0 Å². The fourth-order valence-corrected chi connectivity index (χ4v) is 9.47. The molecule has 398 valence electrons. The normalized spacial score (nSPS) is 12.3. The molecule has 0 spiro atoms. The largest absolute Gasteiger partial charge is 0.395 e. The maximum Gasteiger partial charge on any atom is 0.324 e. The van der Waals surface area contributed by atoms with E-state index < -0.39 is 31.2 Å². The van der Waals surface area contributed by atoms with Crippen LogP contribution in [0.2, 0.25) is 0 Å². The standard InChI is InChI=1S/C59H120O7/c1-4-7-10-13-16-19-22-25-28-31-34-37-40-43-46-49-52-63-59(58(55-60,56-61)57-62,64-53-50-47-44-41-38-35-32-29-26-23-20-17-14-11-8-5-2)66-65-54-51-48-45-42-39-36-33-30-27-24-21-18-15-12-9-6-3/h60-62H,4-57H2,1-3H3. The lowest BCUT2D eigenvalue weighted by molar-refractivity contribution is -0.544. The second-order valence-corrected chi connectivity index (χ2v) is 20.8. The molecule has 0 unspecified atom stereocenters. The maximum atomic E-state index is 10.6. The molecule has 0 aliphatic carbocycles. The summed E-state index contributed by atoms with van der Waals surface area (Å²) in [6, 6.07) is 0. The Bertz CT molecular complexity index is 836. The van der Waals surface area contributed by atoms with Crippen molar-refractivity contribution in [2.45, 2.75) is 335 Å². The number of aliphatic hydroxyl groups is 3. The summed E-state index contributed by atoms with van der Waals surface area (Å²) in [5, 5.41) is 31.9. The van der Waals surface area contributed by atoms with Crippen LogP contribution < -0.4 is 0 Å². The van der Waals surface area contributed by atoms with Crippen molar-refractivity contribution in [3.8, 4) is 0 Å². The van der Waals surface area contributed by atoms with E-state index in [1.807, 2.05) is 0 Å². The van der Waals surface area contributed by atoms with Gasteiger partial charge in [-0.25, -0.2) is 4.89 Å². The van der Waals surface area contributed by atoms with Crippen LogP contribution >= 0.6 is 0 Å². The first kappa shape index (κ1) is 65.7. The number of hydrogen-bond acceptors (Lipinski definition) is 7. The molecule has 0 aliphatic rings. The molecule has 7 nitrogen and oxygen atoms in total. The van der Waals surface area contributed by atoms with E-state index in [1.165, 1.54) is 257 Å². The van der Waals surface area contributed by atoms with Gasteiger partial charge in [0, 0.05) is 0 Å². The molecule has 0 aromatic heterocycles. The summed E-state index contributed by atoms with van der Waals surface area (Å²) in [6.07, 6.45) is 62.2. The summed E-state index contributed by atoms with van der Waals surface area (Å²) < 4.78 is 12.8. The predicted molar refractivity (Wildman–Crippen MR) is 284 cm³/mol. The minimum Gasteiger partial charge on any atom is -0.395 e. The fraction of sp³-hybridized carbons (Fsp3) is 1.00. The highest BCUT2D eigenvalue weighted by Gasteiger charge is 2.57. The van der Waals surface area contributed by atoms with Crippen molar-refractivity contribution in [2.24, 2.45) is 5.41 Å². The zero-order valence-corrected chi connectivity index (χ0v) is 45.2. The average molecular weight is 942 g/mol. The number of unbranched alkanes of at least 4 members (excludes halogenated alkanes) is 45. The molecule has 0 heterocycles. The highest BCUT2D eigenvalue weighted by molar-refractivity contribution is 4.88. The fourth-order valence-electron chi connectivity index (χ4n) is 9.47. The molecule has 0 atom stereocenters. The summed E-state index contributed by atoms with van der Waals surface area (Å²) in [5.74, 6) is -1.90. The molecule has 0 fully saturated rings. The van der Waals surface area contributed by atoms with Crippen LogP contribution in [0.4, 0.5) is 0 Å². The molecule has 66 heavy (non-hydrogen) atoms. The van der Waals surface area contributed by atoms with E-state index in [-0.39, 0.29) is 0 Å². The van der Waals surface area contributed by atoms with Gasteiger partial charge in [-0.2, -0.15) is 4.89 Å². The molecule has 0 saturated heterocycles. The molecular formula is C59H120O7. The first-order valence-corrected chi connectivity index (χ1v) is 30.0. The van der Waals surface area contributed by atoms with Crippen molar-refractivity contribution in [3.63, 3.8) is 0 Å². The lowest BCUT2D eigenvalue weighted by Gasteiger charge is -2.44. The summed E-state index contributed by atoms with van der Waals surface area (Å²) >= 11 is 0. The molecule has 0 aromatic rings. The maximum absolute atomic E-state index is 10.6. The van der Waals surface area contributed by atoms with Gasteiger partial charge in [-0.15, -0.1) is 0 Å². The van der Waals surface area contributed by atoms with E-state index in [1.54, 1.807) is 0 Å². The third-order valence-electron chi connectivity index (χ3n) is 14.4. The van der Waals surface area contributed by atoms with Crippen LogP contribution in [0.5, 0.6) is 0 Å². The van der Waals surface area contributed by atoms with Crippen molar-refractivity contribution in [3.05, 3.63) is 0 Å². The lowest BCUT2D eigenvalue weighted by Crippen LogP contribution is -2.60. The van der Waals surface area contributed by atoms with Crippen molar-refractivity contribution < 1.29 is 34.6 Å². The van der Waals surface area contributed by atoms with E-state index >= 15 is 0 Å². The quantitative estimate of drug-likeness (QED) is 0.0242. The second-order valence-electron chi connectivity index (χ2n) is 20.8. The van der Waals surface area contributed by atoms with Crippen LogP contribution in [0.15, 0.2) is 0 Å². The second kappa shape index (κ2) is 54.1. The van der Waals surface area contributed by atoms with E-state index in [9.17, 15) is 15.3 Å². The minimum atomic E-state index is -1.90. The van der Waals surface area contributed by atoms with Crippen molar-refractivity contribution >= 4 is 0 Å². The van der Waals surface area contributed by atoms with Crippen LogP contribution in [0.3, 0.4) is 0 Å². The van der Waals surface area contributed by atoms with Crippen LogP contribution in [0.25, 0.3) is 0 Å². The van der Waals surface area contributed by atoms with E-state index in [0.717, 1.165) is 51.4 Å². The van der Waals surface area contributed by atoms with E-state index in [0.29, 0.717) is 19.8 Å². The Morgan fingerprint density at radius 3 is 0.621 bits per heavy atom. The zero-order valence-electron chi connectivity index (χ0n) is 45.2. The van der Waals surface area contributed by atoms with Gasteiger partial charge in [0.05, 0.1) is 39.6 Å². The van der Waals surface area contributed by atoms with E-state index in [2.05, 4.69) is 20.8 Å². The Labute approximate surface area is 413 Å². The van der Waals surface area contributed by atoms with Crippen LogP contribution in [-0.2, 0) is 19.2 Å². The summed E-state index contributed by atoms with van der Waals surface area (Å²) in [4.78, 5) is 11.8. The Hall–Kier alpha value is -0.280. The monoisotopic (exact) mass is 941 g/mol. The van der Waals surface area contributed by atoms with Crippen LogP contribution in [0, 0.1) is 5.41 Å². The van der Waals surface area contributed by atoms with Crippen LogP contribution in [-0.4, -0.2) is 60.9 Å². The Morgan fingerprint density at radius 1 is 0.242 bits per heavy atom. The molecule has 0 bridgehead atoms. The van der Waals surface area contributed by atoms with Gasteiger partial charge in [-0.3, -0.25) is 0 Å². The van der Waals surface area contributed by atoms with E-state index in [4.69, 9.17) is 19.2 Å². The van der Waals surface area contributed by atoms with Gasteiger partial charge in [0.2, 0.25) is 0 Å². The van der Waals surface area contributed by atoms with Gasteiger partial charge in [0.1, 0.15) is 5.41 Å². The summed E-state index contributed by atoms with van der Waals surface area (Å²) in [7, 11) is 0. The number of aliphatic hydroxyl groups excluding tert-OH is 3. The van der Waals surface area contributed by atoms with Crippen molar-refractivity contribution in [2.75, 3.05) is 39.6 Å². The third kappa shape index (κ3) is 40.4. The van der Waals surface area contributed by atoms with Gasteiger partial charge >= 0.3 is 5.97 Å². The average Bonchev–Trinajstić information content (AvgIpc) is 3.33. The molecule has 3 N–H and O–H groups in total. The molecule has 7 heteroatoms. The Morgan fingerprint density at radius 2 is 0.424 bits per heavy atom. The Kier molecular flexibility index (Phi) is 53.8. The van der Waals surface area contributed by atoms with Crippen molar-refractivity contribution in [1.82, 2.24) is 0 Å². The van der Waals surface area contributed by atoms with Gasteiger partial charge in [0.15, 0.2) is 0 Å². The summed E-state index contributed by atoms with van der Waals surface area (Å²) in [6.45, 7) is 6.22. The van der Waals surface area contributed by atoms with Gasteiger partial charge < -0.3 is 24.8 Å². The number of ether oxygens (including phenoxy) is 2. The topological polar surface area (TPSA) is 97.6 Å². The third-order valence-corrected chi connectivity index (χ3v) is 14.4. The first-order valence-electron chi connectivity index (χ1n) is 30.0.